The van der Waals surface area contributed by atoms with E-state index in [2.05, 4.69) is 5.32 Å². The van der Waals surface area contributed by atoms with Crippen molar-refractivity contribution >= 4 is 11.6 Å². The molecule has 86 valence electrons. The summed E-state index contributed by atoms with van der Waals surface area (Å²) in [7, 11) is 0. The molecule has 3 N–H and O–H groups in total. The Bertz CT molecular complexity index is 402. The molecule has 0 unspecified atom stereocenters. The molecule has 16 heavy (non-hydrogen) atoms. The lowest BCUT2D eigenvalue weighted by molar-refractivity contribution is 0.100. The number of hydrogen-bond acceptors (Lipinski definition) is 3. The van der Waals surface area contributed by atoms with Gasteiger partial charge in [-0.05, 0) is 18.2 Å². The van der Waals surface area contributed by atoms with Gasteiger partial charge in [0.05, 0.1) is 5.56 Å². The van der Waals surface area contributed by atoms with E-state index in [9.17, 15) is 9.18 Å². The average molecular weight is 223 g/mol. The summed E-state index contributed by atoms with van der Waals surface area (Å²) in [6, 6.07) is 4.16. The molecule has 0 bridgehead atoms. The van der Waals surface area contributed by atoms with E-state index in [1.54, 1.807) is 6.07 Å². The first-order chi connectivity index (χ1) is 7.68. The molecule has 1 aromatic carbocycles. The van der Waals surface area contributed by atoms with Crippen molar-refractivity contribution in [3.8, 4) is 0 Å². The van der Waals surface area contributed by atoms with Gasteiger partial charge in [0.2, 0.25) is 0 Å². The normalized spacial score (nSPS) is 16.2. The number of nitrogens with one attached hydrogen (secondary N) is 1. The molecule has 1 aromatic rings. The molecule has 1 fully saturated rings. The molecule has 0 aliphatic carbocycles. The smallest absolute Gasteiger partial charge is 0.250 e. The second-order valence-electron chi connectivity index (χ2n) is 3.76. The summed E-state index contributed by atoms with van der Waals surface area (Å²) in [5, 5.41) is 3.21. The topological polar surface area (TPSA) is 58.4 Å². The summed E-state index contributed by atoms with van der Waals surface area (Å²) in [4.78, 5) is 13.3. The molecule has 1 saturated heterocycles. The number of anilines is 1. The first-order valence-corrected chi connectivity index (χ1v) is 5.23. The molecular formula is C11H14FN3O. The molecule has 5 heteroatoms. The van der Waals surface area contributed by atoms with Gasteiger partial charge in [0.15, 0.2) is 0 Å². The highest BCUT2D eigenvalue weighted by Gasteiger charge is 2.17. The third-order valence-corrected chi connectivity index (χ3v) is 2.68. The summed E-state index contributed by atoms with van der Waals surface area (Å²) in [5.74, 6) is -1.03. The van der Waals surface area contributed by atoms with Crippen LogP contribution in [0.15, 0.2) is 18.2 Å². The summed E-state index contributed by atoms with van der Waals surface area (Å²) in [6.07, 6.45) is 0. The van der Waals surface area contributed by atoms with Gasteiger partial charge in [-0.1, -0.05) is 0 Å². The highest BCUT2D eigenvalue weighted by molar-refractivity contribution is 5.98. The number of nitrogens with two attached hydrogens (primary N) is 1. The number of carbonyl (C=O) groups is 1. The van der Waals surface area contributed by atoms with E-state index in [1.807, 2.05) is 4.90 Å². The van der Waals surface area contributed by atoms with Crippen molar-refractivity contribution < 1.29 is 9.18 Å². The SMILES string of the molecule is NC(=O)c1cc(F)ccc1N1CCNCC1. The van der Waals surface area contributed by atoms with Crippen LogP contribution in [0.3, 0.4) is 0 Å². The molecule has 1 aliphatic heterocycles. The van der Waals surface area contributed by atoms with Crippen molar-refractivity contribution in [2.45, 2.75) is 0 Å². The fourth-order valence-corrected chi connectivity index (χ4v) is 1.89. The maximum atomic E-state index is 13.0. The summed E-state index contributed by atoms with van der Waals surface area (Å²) < 4.78 is 13.0. The van der Waals surface area contributed by atoms with E-state index in [-0.39, 0.29) is 5.56 Å². The number of amides is 1. The lowest BCUT2D eigenvalue weighted by atomic mass is 10.1. The molecule has 2 rings (SSSR count). The summed E-state index contributed by atoms with van der Waals surface area (Å²) in [5.41, 5.74) is 6.21. The van der Waals surface area contributed by atoms with Gasteiger partial charge in [-0.15, -0.1) is 0 Å². The van der Waals surface area contributed by atoms with E-state index in [0.29, 0.717) is 0 Å². The molecule has 0 spiro atoms. The highest BCUT2D eigenvalue weighted by Crippen LogP contribution is 2.21. The van der Waals surface area contributed by atoms with Gasteiger partial charge < -0.3 is 16.0 Å². The molecule has 1 amide bonds. The van der Waals surface area contributed by atoms with Gasteiger partial charge >= 0.3 is 0 Å². The Balaban J connectivity index is 2.34. The Morgan fingerprint density at radius 2 is 2.06 bits per heavy atom. The predicted molar refractivity (Wildman–Crippen MR) is 60.0 cm³/mol. The van der Waals surface area contributed by atoms with Gasteiger partial charge in [-0.2, -0.15) is 0 Å². The Hall–Kier alpha value is -1.62. The third-order valence-electron chi connectivity index (χ3n) is 2.68. The predicted octanol–water partition coefficient (Wildman–Crippen LogP) is 0.334. The minimum absolute atomic E-state index is 0.252. The fraction of sp³-hybridized carbons (Fsp3) is 0.364. The van der Waals surface area contributed by atoms with Crippen LogP contribution in [0, 0.1) is 5.82 Å². The lowest BCUT2D eigenvalue weighted by Crippen LogP contribution is -2.44. The monoisotopic (exact) mass is 223 g/mol. The second kappa shape index (κ2) is 4.49. The van der Waals surface area contributed by atoms with Crippen LogP contribution in [0.25, 0.3) is 0 Å². The minimum Gasteiger partial charge on any atom is -0.368 e. The van der Waals surface area contributed by atoms with Crippen LogP contribution >= 0.6 is 0 Å². The average Bonchev–Trinajstić information content (AvgIpc) is 2.30. The highest BCUT2D eigenvalue weighted by atomic mass is 19.1. The van der Waals surface area contributed by atoms with Gasteiger partial charge in [0.1, 0.15) is 5.82 Å². The van der Waals surface area contributed by atoms with Crippen molar-refractivity contribution in [3.63, 3.8) is 0 Å². The lowest BCUT2D eigenvalue weighted by Gasteiger charge is -2.30. The van der Waals surface area contributed by atoms with E-state index >= 15 is 0 Å². The molecule has 1 aliphatic rings. The zero-order valence-electron chi connectivity index (χ0n) is 8.87. The van der Waals surface area contributed by atoms with Crippen molar-refractivity contribution in [1.29, 1.82) is 0 Å². The first kappa shape index (κ1) is 10.9. The van der Waals surface area contributed by atoms with Gasteiger partial charge in [-0.3, -0.25) is 4.79 Å². The molecule has 4 nitrogen and oxygen atoms in total. The fourth-order valence-electron chi connectivity index (χ4n) is 1.89. The second-order valence-corrected chi connectivity index (χ2v) is 3.76. The Morgan fingerprint density at radius 3 is 2.69 bits per heavy atom. The minimum atomic E-state index is -0.590. The third kappa shape index (κ3) is 2.14. The summed E-state index contributed by atoms with van der Waals surface area (Å²) >= 11 is 0. The number of benzene rings is 1. The number of rotatable bonds is 2. The van der Waals surface area contributed by atoms with Crippen molar-refractivity contribution in [1.82, 2.24) is 5.32 Å². The number of hydrogen-bond donors (Lipinski definition) is 2. The number of piperazine rings is 1. The zero-order valence-corrected chi connectivity index (χ0v) is 8.87. The number of primary amides is 1. The maximum absolute atomic E-state index is 13.0. The quantitative estimate of drug-likeness (QED) is 0.760. The van der Waals surface area contributed by atoms with Gasteiger partial charge in [0, 0.05) is 31.9 Å². The summed E-state index contributed by atoms with van der Waals surface area (Å²) in [6.45, 7) is 3.31. The van der Waals surface area contributed by atoms with Crippen LogP contribution in [-0.4, -0.2) is 32.1 Å². The Kier molecular flexibility index (Phi) is 3.05. The van der Waals surface area contributed by atoms with Crippen LogP contribution in [0.4, 0.5) is 10.1 Å². The van der Waals surface area contributed by atoms with E-state index in [4.69, 9.17) is 5.73 Å². The largest absolute Gasteiger partial charge is 0.368 e. The van der Waals surface area contributed by atoms with E-state index < -0.39 is 11.7 Å². The van der Waals surface area contributed by atoms with Gasteiger partial charge in [-0.25, -0.2) is 4.39 Å². The number of halogens is 1. The number of nitrogens with zero attached hydrogens (tertiary/aromatic N) is 1. The van der Waals surface area contributed by atoms with Crippen LogP contribution in [0.2, 0.25) is 0 Å². The van der Waals surface area contributed by atoms with Crippen molar-refractivity contribution in [2.75, 3.05) is 31.1 Å². The molecular weight excluding hydrogens is 209 g/mol. The first-order valence-electron chi connectivity index (χ1n) is 5.23. The molecule has 0 aromatic heterocycles. The Morgan fingerprint density at radius 1 is 1.38 bits per heavy atom. The van der Waals surface area contributed by atoms with Crippen LogP contribution < -0.4 is 16.0 Å². The molecule has 0 radical (unpaired) electrons. The molecule has 0 saturated carbocycles. The van der Waals surface area contributed by atoms with Crippen LogP contribution in [-0.2, 0) is 0 Å². The maximum Gasteiger partial charge on any atom is 0.250 e. The standard InChI is InChI=1S/C11H14FN3O/c12-8-1-2-10(9(7-8)11(13)16)15-5-3-14-4-6-15/h1-2,7,14H,3-6H2,(H2,13,16). The molecule has 1 heterocycles. The van der Waals surface area contributed by atoms with Crippen LogP contribution in [0.5, 0.6) is 0 Å². The van der Waals surface area contributed by atoms with Crippen LogP contribution in [0.1, 0.15) is 10.4 Å². The van der Waals surface area contributed by atoms with Gasteiger partial charge in [0.25, 0.3) is 5.91 Å². The number of carbonyl (C=O) groups excluding carboxylic acids is 1. The Labute approximate surface area is 93.2 Å². The van der Waals surface area contributed by atoms with Crippen molar-refractivity contribution in [2.24, 2.45) is 5.73 Å². The van der Waals surface area contributed by atoms with Crippen molar-refractivity contribution in [3.05, 3.63) is 29.6 Å². The zero-order chi connectivity index (χ0) is 11.5. The molecule has 0 atom stereocenters. The van der Waals surface area contributed by atoms with E-state index in [0.717, 1.165) is 31.9 Å². The van der Waals surface area contributed by atoms with E-state index in [1.165, 1.54) is 12.1 Å².